The fraction of sp³-hybridized carbons (Fsp3) is 0.500. The molecule has 0 amide bonds. The summed E-state index contributed by atoms with van der Waals surface area (Å²) < 4.78 is 0.896. The van der Waals surface area contributed by atoms with Gasteiger partial charge >= 0.3 is 0 Å². The van der Waals surface area contributed by atoms with Crippen molar-refractivity contribution in [2.24, 2.45) is 0 Å². The van der Waals surface area contributed by atoms with Crippen molar-refractivity contribution in [3.63, 3.8) is 0 Å². The quantitative estimate of drug-likeness (QED) is 0.915. The van der Waals surface area contributed by atoms with Crippen LogP contribution in [0.2, 0.25) is 0 Å². The predicted molar refractivity (Wildman–Crippen MR) is 80.2 cm³/mol. The molecule has 0 spiro atoms. The highest BCUT2D eigenvalue weighted by Gasteiger charge is 2.22. The maximum Gasteiger partial charge on any atom is 0.186 e. The molecule has 5 heteroatoms. The van der Waals surface area contributed by atoms with Gasteiger partial charge in [0.1, 0.15) is 5.75 Å². The maximum atomic E-state index is 9.84. The topological polar surface area (TPSA) is 39.6 Å². The van der Waals surface area contributed by atoms with Gasteiger partial charge in [-0.25, -0.2) is 4.98 Å². The van der Waals surface area contributed by atoms with Crippen LogP contribution in [0.1, 0.15) is 12.8 Å². The third-order valence-electron chi connectivity index (χ3n) is 3.85. The number of benzene rings is 1. The molecule has 0 atom stereocenters. The summed E-state index contributed by atoms with van der Waals surface area (Å²) in [5.74, 6) is 0.337. The Kier molecular flexibility index (Phi) is 3.33. The third kappa shape index (κ3) is 2.40. The van der Waals surface area contributed by atoms with Crippen LogP contribution in [0, 0.1) is 0 Å². The van der Waals surface area contributed by atoms with Gasteiger partial charge in [-0.05, 0) is 39.1 Å². The average molecular weight is 277 g/mol. The van der Waals surface area contributed by atoms with Crippen molar-refractivity contribution in [2.45, 2.75) is 18.9 Å². The van der Waals surface area contributed by atoms with Crippen molar-refractivity contribution in [3.05, 3.63) is 18.2 Å². The summed E-state index contributed by atoms with van der Waals surface area (Å²) >= 11 is 1.59. The second kappa shape index (κ2) is 4.98. The van der Waals surface area contributed by atoms with Crippen molar-refractivity contribution < 1.29 is 5.11 Å². The number of hydrogen-bond acceptors (Lipinski definition) is 5. The van der Waals surface area contributed by atoms with Crippen LogP contribution in [0.4, 0.5) is 5.13 Å². The molecule has 1 aromatic carbocycles. The Morgan fingerprint density at radius 3 is 2.68 bits per heavy atom. The minimum atomic E-state index is 0.337. The second-order valence-electron chi connectivity index (χ2n) is 5.30. The van der Waals surface area contributed by atoms with Crippen molar-refractivity contribution in [1.29, 1.82) is 0 Å². The van der Waals surface area contributed by atoms with Crippen molar-refractivity contribution in [1.82, 2.24) is 9.88 Å². The highest BCUT2D eigenvalue weighted by Crippen LogP contribution is 2.35. The SMILES string of the molecule is CN(C)C1CCN(c2nc3cccc(O)c3s2)CC1. The maximum absolute atomic E-state index is 9.84. The number of aromatic hydroxyl groups is 1. The molecule has 3 rings (SSSR count). The highest BCUT2D eigenvalue weighted by molar-refractivity contribution is 7.22. The first-order valence-electron chi connectivity index (χ1n) is 6.65. The zero-order chi connectivity index (χ0) is 13.4. The summed E-state index contributed by atoms with van der Waals surface area (Å²) in [6.45, 7) is 2.09. The molecule has 1 aliphatic rings. The van der Waals surface area contributed by atoms with Crippen LogP contribution in [0.15, 0.2) is 18.2 Å². The number of anilines is 1. The Hall–Kier alpha value is -1.33. The first kappa shape index (κ1) is 12.7. The minimum Gasteiger partial charge on any atom is -0.506 e. The summed E-state index contributed by atoms with van der Waals surface area (Å²) in [5, 5.41) is 10.9. The van der Waals surface area contributed by atoms with Crippen LogP contribution in [0.5, 0.6) is 5.75 Å². The van der Waals surface area contributed by atoms with E-state index in [0.29, 0.717) is 11.8 Å². The number of hydrogen-bond donors (Lipinski definition) is 1. The second-order valence-corrected chi connectivity index (χ2v) is 6.28. The number of phenols is 1. The van der Waals surface area contributed by atoms with Crippen molar-refractivity contribution in [2.75, 3.05) is 32.1 Å². The van der Waals surface area contributed by atoms with Gasteiger partial charge in [0.25, 0.3) is 0 Å². The molecule has 102 valence electrons. The fourth-order valence-electron chi connectivity index (χ4n) is 2.63. The van der Waals surface area contributed by atoms with Gasteiger partial charge in [0.15, 0.2) is 5.13 Å². The molecule has 2 heterocycles. The molecule has 19 heavy (non-hydrogen) atoms. The summed E-state index contributed by atoms with van der Waals surface area (Å²) in [5.41, 5.74) is 0.898. The van der Waals surface area contributed by atoms with E-state index in [0.717, 1.165) is 28.4 Å². The molecular weight excluding hydrogens is 258 g/mol. The lowest BCUT2D eigenvalue weighted by Gasteiger charge is -2.34. The smallest absolute Gasteiger partial charge is 0.186 e. The van der Waals surface area contributed by atoms with E-state index in [9.17, 15) is 5.11 Å². The Morgan fingerprint density at radius 2 is 2.05 bits per heavy atom. The van der Waals surface area contributed by atoms with E-state index in [-0.39, 0.29) is 0 Å². The molecule has 1 aromatic heterocycles. The molecule has 0 unspecified atom stereocenters. The van der Waals surface area contributed by atoms with E-state index < -0.39 is 0 Å². The first-order valence-corrected chi connectivity index (χ1v) is 7.46. The van der Waals surface area contributed by atoms with Crippen molar-refractivity contribution >= 4 is 26.7 Å². The number of phenolic OH excluding ortho intramolecular Hbond substituents is 1. The number of thiazole rings is 1. The van der Waals surface area contributed by atoms with E-state index in [2.05, 4.69) is 28.9 Å². The first-order chi connectivity index (χ1) is 9.15. The van der Waals surface area contributed by atoms with Crippen LogP contribution in [0.3, 0.4) is 0 Å². The molecule has 0 saturated carbocycles. The van der Waals surface area contributed by atoms with Gasteiger partial charge in [-0.2, -0.15) is 0 Å². The van der Waals surface area contributed by atoms with E-state index in [1.54, 1.807) is 17.4 Å². The lowest BCUT2D eigenvalue weighted by Crippen LogP contribution is -2.41. The van der Waals surface area contributed by atoms with Crippen LogP contribution in [0.25, 0.3) is 10.2 Å². The molecule has 0 bridgehead atoms. The molecule has 2 aromatic rings. The van der Waals surface area contributed by atoms with E-state index in [1.165, 1.54) is 12.8 Å². The standard InChI is InChI=1S/C14H19N3OS/c1-16(2)10-6-8-17(9-7-10)14-15-11-4-3-5-12(18)13(11)19-14/h3-5,10,18H,6-9H2,1-2H3. The lowest BCUT2D eigenvalue weighted by molar-refractivity contribution is 0.249. The van der Waals surface area contributed by atoms with Crippen LogP contribution in [-0.2, 0) is 0 Å². The van der Waals surface area contributed by atoms with Gasteiger partial charge < -0.3 is 14.9 Å². The number of piperidine rings is 1. The Bertz CT molecular complexity index is 573. The van der Waals surface area contributed by atoms with Gasteiger partial charge in [0.2, 0.25) is 0 Å². The van der Waals surface area contributed by atoms with Gasteiger partial charge in [-0.15, -0.1) is 0 Å². The normalized spacial score (nSPS) is 17.5. The fourth-order valence-corrected chi connectivity index (χ4v) is 3.66. The molecule has 1 fully saturated rings. The van der Waals surface area contributed by atoms with Gasteiger partial charge in [-0.1, -0.05) is 17.4 Å². The zero-order valence-electron chi connectivity index (χ0n) is 11.3. The lowest BCUT2D eigenvalue weighted by atomic mass is 10.0. The molecule has 0 aliphatic carbocycles. The van der Waals surface area contributed by atoms with Crippen molar-refractivity contribution in [3.8, 4) is 5.75 Å². The zero-order valence-corrected chi connectivity index (χ0v) is 12.2. The van der Waals surface area contributed by atoms with E-state index in [4.69, 9.17) is 0 Å². The molecule has 4 nitrogen and oxygen atoms in total. The van der Waals surface area contributed by atoms with E-state index in [1.807, 2.05) is 12.1 Å². The molecule has 1 saturated heterocycles. The highest BCUT2D eigenvalue weighted by atomic mass is 32.1. The van der Waals surface area contributed by atoms with Gasteiger partial charge in [-0.3, -0.25) is 0 Å². The van der Waals surface area contributed by atoms with Gasteiger partial charge in [0, 0.05) is 19.1 Å². The predicted octanol–water partition coefficient (Wildman–Crippen LogP) is 2.53. The molecular formula is C14H19N3OS. The summed E-state index contributed by atoms with van der Waals surface area (Å²) in [6.07, 6.45) is 2.35. The number of fused-ring (bicyclic) bond motifs is 1. The minimum absolute atomic E-state index is 0.337. The third-order valence-corrected chi connectivity index (χ3v) is 5.00. The monoisotopic (exact) mass is 277 g/mol. The van der Waals surface area contributed by atoms with Crippen LogP contribution in [-0.4, -0.2) is 48.2 Å². The van der Waals surface area contributed by atoms with E-state index >= 15 is 0 Å². The van der Waals surface area contributed by atoms with Crippen LogP contribution < -0.4 is 4.90 Å². The summed E-state index contributed by atoms with van der Waals surface area (Å²) in [4.78, 5) is 9.28. The molecule has 0 radical (unpaired) electrons. The Labute approximate surface area is 117 Å². The summed E-state index contributed by atoms with van der Waals surface area (Å²) in [7, 11) is 4.30. The average Bonchev–Trinajstić information content (AvgIpc) is 2.84. The molecule has 1 N–H and O–H groups in total. The largest absolute Gasteiger partial charge is 0.506 e. The van der Waals surface area contributed by atoms with Crippen LogP contribution >= 0.6 is 11.3 Å². The number of aromatic nitrogens is 1. The number of rotatable bonds is 2. The summed E-state index contributed by atoms with van der Waals surface area (Å²) in [6, 6.07) is 6.21. The Morgan fingerprint density at radius 1 is 1.32 bits per heavy atom. The van der Waals surface area contributed by atoms with Gasteiger partial charge in [0.05, 0.1) is 10.2 Å². The molecule has 1 aliphatic heterocycles. The Balaban J connectivity index is 1.80. The number of nitrogens with zero attached hydrogens (tertiary/aromatic N) is 3.